The summed E-state index contributed by atoms with van der Waals surface area (Å²) in [5.41, 5.74) is 3.96. The molecule has 3 aromatic rings. The summed E-state index contributed by atoms with van der Waals surface area (Å²) in [4.78, 5) is 20.1. The minimum absolute atomic E-state index is 0.0627. The number of para-hydroxylation sites is 3. The van der Waals surface area contributed by atoms with Crippen LogP contribution in [-0.2, 0) is 0 Å². The average Bonchev–Trinajstić information content (AvgIpc) is 3.16. The molecule has 1 amide bonds. The number of hydrogen-bond acceptors (Lipinski definition) is 5. The lowest BCUT2D eigenvalue weighted by atomic mass is 10.1. The number of nitrogens with zero attached hydrogens (tertiary/aromatic N) is 2. The first-order valence-corrected chi connectivity index (χ1v) is 8.38. The first kappa shape index (κ1) is 14.7. The van der Waals surface area contributed by atoms with Crippen LogP contribution in [0.4, 0.5) is 11.4 Å². The van der Waals surface area contributed by atoms with Crippen LogP contribution in [0.5, 0.6) is 5.75 Å². The Bertz CT molecular complexity index is 879. The molecule has 5 nitrogen and oxygen atoms in total. The van der Waals surface area contributed by atoms with Gasteiger partial charge in [0.05, 0.1) is 28.7 Å². The van der Waals surface area contributed by atoms with Crippen LogP contribution < -0.4 is 15.0 Å². The van der Waals surface area contributed by atoms with Gasteiger partial charge in [0.2, 0.25) is 0 Å². The van der Waals surface area contributed by atoms with E-state index in [4.69, 9.17) is 4.74 Å². The Balaban J connectivity index is 1.89. The lowest BCUT2D eigenvalue weighted by Gasteiger charge is -2.37. The molecule has 6 heteroatoms. The van der Waals surface area contributed by atoms with Crippen LogP contribution in [0.15, 0.2) is 60.2 Å². The zero-order valence-corrected chi connectivity index (χ0v) is 13.8. The van der Waals surface area contributed by atoms with E-state index in [-0.39, 0.29) is 12.1 Å². The maximum Gasteiger partial charge on any atom is 0.262 e. The Morgan fingerprint density at radius 1 is 1.17 bits per heavy atom. The largest absolute Gasteiger partial charge is 0.495 e. The van der Waals surface area contributed by atoms with Crippen molar-refractivity contribution in [1.82, 2.24) is 4.98 Å². The van der Waals surface area contributed by atoms with Crippen LogP contribution in [0, 0.1) is 0 Å². The number of nitrogens with one attached hydrogen (secondary N) is 1. The number of anilines is 2. The highest BCUT2D eigenvalue weighted by Gasteiger charge is 2.36. The second kappa shape index (κ2) is 5.98. The number of carbonyl (C=O) groups excluding carboxylic acids is 1. The van der Waals surface area contributed by atoms with Gasteiger partial charge in [-0.1, -0.05) is 24.3 Å². The Kier molecular flexibility index (Phi) is 3.66. The normalized spacial score (nSPS) is 16.5. The molecule has 1 N–H and O–H groups in total. The molecule has 1 aliphatic heterocycles. The summed E-state index contributed by atoms with van der Waals surface area (Å²) in [7, 11) is 1.61. The minimum Gasteiger partial charge on any atom is -0.495 e. The number of benzene rings is 2. The summed E-state index contributed by atoms with van der Waals surface area (Å²) in [6.45, 7) is 0. The average molecular weight is 337 g/mol. The molecule has 0 saturated heterocycles. The van der Waals surface area contributed by atoms with Crippen molar-refractivity contribution in [3.05, 3.63) is 70.7 Å². The van der Waals surface area contributed by atoms with Gasteiger partial charge >= 0.3 is 0 Å². The predicted octanol–water partition coefficient (Wildman–Crippen LogP) is 3.92. The zero-order chi connectivity index (χ0) is 16.5. The van der Waals surface area contributed by atoms with Gasteiger partial charge in [-0.05, 0) is 24.3 Å². The quantitative estimate of drug-likeness (QED) is 0.787. The molecular formula is C18H15N3O2S. The Morgan fingerprint density at radius 2 is 1.96 bits per heavy atom. The second-order valence-corrected chi connectivity index (χ2v) is 6.26. The lowest BCUT2D eigenvalue weighted by Crippen LogP contribution is -2.43. The van der Waals surface area contributed by atoms with Gasteiger partial charge < -0.3 is 10.1 Å². The molecule has 2 aromatic carbocycles. The summed E-state index contributed by atoms with van der Waals surface area (Å²) in [6, 6.07) is 15.1. The van der Waals surface area contributed by atoms with E-state index in [0.717, 1.165) is 16.3 Å². The number of hydrogen-bond donors (Lipinski definition) is 1. The standard InChI is InChI=1S/C18H15N3O2S/c1-23-15-9-5-4-8-14(15)21-17(16-10-19-11-24-16)20-13-7-3-2-6-12(13)18(21)22/h2-11,17,20H,1H3/t17-/m0/s1. The third kappa shape index (κ3) is 2.32. The van der Waals surface area contributed by atoms with Crippen molar-refractivity contribution in [2.45, 2.75) is 6.17 Å². The number of thiazole rings is 1. The molecule has 0 unspecified atom stereocenters. The molecule has 1 atom stereocenters. The zero-order valence-electron chi connectivity index (χ0n) is 13.0. The van der Waals surface area contributed by atoms with Crippen molar-refractivity contribution in [2.24, 2.45) is 0 Å². The molecule has 120 valence electrons. The number of amides is 1. The molecule has 1 aliphatic rings. The molecule has 0 fully saturated rings. The summed E-state index contributed by atoms with van der Waals surface area (Å²) >= 11 is 1.51. The fourth-order valence-corrected chi connectivity index (χ4v) is 3.55. The SMILES string of the molecule is COc1ccccc1N1C(=O)c2ccccc2N[C@@H]1c1cncs1. The van der Waals surface area contributed by atoms with Crippen LogP contribution in [-0.4, -0.2) is 18.0 Å². The molecule has 0 aliphatic carbocycles. The summed E-state index contributed by atoms with van der Waals surface area (Å²) in [5, 5.41) is 3.45. The highest BCUT2D eigenvalue weighted by atomic mass is 32.1. The van der Waals surface area contributed by atoms with E-state index in [1.807, 2.05) is 48.5 Å². The van der Waals surface area contributed by atoms with Gasteiger partial charge in [0.1, 0.15) is 11.9 Å². The van der Waals surface area contributed by atoms with Crippen molar-refractivity contribution >= 4 is 28.6 Å². The summed E-state index contributed by atoms with van der Waals surface area (Å²) in [5.74, 6) is 0.591. The van der Waals surface area contributed by atoms with E-state index < -0.39 is 0 Å². The van der Waals surface area contributed by atoms with Gasteiger partial charge in [-0.15, -0.1) is 11.3 Å². The molecule has 0 spiro atoms. The number of rotatable bonds is 3. The number of methoxy groups -OCH3 is 1. The molecule has 0 saturated carbocycles. The molecule has 0 radical (unpaired) electrons. The van der Waals surface area contributed by atoms with E-state index in [1.165, 1.54) is 11.3 Å². The van der Waals surface area contributed by atoms with Gasteiger partial charge in [0, 0.05) is 11.9 Å². The molecule has 1 aromatic heterocycles. The summed E-state index contributed by atoms with van der Waals surface area (Å²) in [6.07, 6.45) is 1.46. The maximum absolute atomic E-state index is 13.2. The fraction of sp³-hybridized carbons (Fsp3) is 0.111. The molecule has 0 bridgehead atoms. The first-order chi connectivity index (χ1) is 11.8. The van der Waals surface area contributed by atoms with Crippen molar-refractivity contribution in [3.63, 3.8) is 0 Å². The number of carbonyl (C=O) groups is 1. The van der Waals surface area contributed by atoms with Gasteiger partial charge in [-0.3, -0.25) is 14.7 Å². The van der Waals surface area contributed by atoms with E-state index in [9.17, 15) is 4.79 Å². The molecule has 2 heterocycles. The van der Waals surface area contributed by atoms with Gasteiger partial charge in [-0.25, -0.2) is 0 Å². The maximum atomic E-state index is 13.2. The molecule has 24 heavy (non-hydrogen) atoms. The Labute approximate surface area is 143 Å². The number of ether oxygens (including phenoxy) is 1. The minimum atomic E-state index is -0.323. The second-order valence-electron chi connectivity index (χ2n) is 5.34. The molecular weight excluding hydrogens is 322 g/mol. The monoisotopic (exact) mass is 337 g/mol. The highest BCUT2D eigenvalue weighted by Crippen LogP contribution is 2.40. The molecule has 4 rings (SSSR count). The van der Waals surface area contributed by atoms with Crippen LogP contribution in [0.2, 0.25) is 0 Å². The van der Waals surface area contributed by atoms with E-state index >= 15 is 0 Å². The van der Waals surface area contributed by atoms with Gasteiger partial charge in [0.25, 0.3) is 5.91 Å². The number of fused-ring (bicyclic) bond motifs is 1. The van der Waals surface area contributed by atoms with Crippen molar-refractivity contribution < 1.29 is 9.53 Å². The predicted molar refractivity (Wildman–Crippen MR) is 94.7 cm³/mol. The van der Waals surface area contributed by atoms with Crippen LogP contribution in [0.1, 0.15) is 21.4 Å². The Hall–Kier alpha value is -2.86. The van der Waals surface area contributed by atoms with E-state index in [2.05, 4.69) is 10.3 Å². The van der Waals surface area contributed by atoms with Crippen molar-refractivity contribution in [1.29, 1.82) is 0 Å². The Morgan fingerprint density at radius 3 is 2.75 bits per heavy atom. The van der Waals surface area contributed by atoms with E-state index in [1.54, 1.807) is 23.7 Å². The lowest BCUT2D eigenvalue weighted by molar-refractivity contribution is 0.0974. The van der Waals surface area contributed by atoms with Crippen molar-refractivity contribution in [3.8, 4) is 5.75 Å². The van der Waals surface area contributed by atoms with Crippen LogP contribution >= 0.6 is 11.3 Å². The van der Waals surface area contributed by atoms with Crippen molar-refractivity contribution in [2.75, 3.05) is 17.3 Å². The van der Waals surface area contributed by atoms with E-state index in [0.29, 0.717) is 11.3 Å². The highest BCUT2D eigenvalue weighted by molar-refractivity contribution is 7.09. The van der Waals surface area contributed by atoms with Crippen LogP contribution in [0.25, 0.3) is 0 Å². The van der Waals surface area contributed by atoms with Crippen LogP contribution in [0.3, 0.4) is 0 Å². The summed E-state index contributed by atoms with van der Waals surface area (Å²) < 4.78 is 5.47. The number of aromatic nitrogens is 1. The first-order valence-electron chi connectivity index (χ1n) is 7.50. The topological polar surface area (TPSA) is 54.5 Å². The third-order valence-electron chi connectivity index (χ3n) is 3.99. The van der Waals surface area contributed by atoms with Gasteiger partial charge in [0.15, 0.2) is 0 Å². The third-order valence-corrected chi connectivity index (χ3v) is 4.82. The van der Waals surface area contributed by atoms with Gasteiger partial charge in [-0.2, -0.15) is 0 Å². The smallest absolute Gasteiger partial charge is 0.262 e. The fourth-order valence-electron chi connectivity index (χ4n) is 2.89.